The van der Waals surface area contributed by atoms with Crippen molar-refractivity contribution in [2.24, 2.45) is 0 Å². The van der Waals surface area contributed by atoms with E-state index in [-0.39, 0.29) is 11.2 Å². The molecule has 0 saturated carbocycles. The molecule has 0 spiro atoms. The number of hydrogen-bond acceptors (Lipinski definition) is 5. The van der Waals surface area contributed by atoms with Gasteiger partial charge in [0, 0.05) is 13.1 Å². The van der Waals surface area contributed by atoms with E-state index in [2.05, 4.69) is 15.5 Å². The van der Waals surface area contributed by atoms with Crippen LogP contribution >= 0.6 is 11.8 Å². The molecule has 0 aliphatic carbocycles. The molecule has 24 heavy (non-hydrogen) atoms. The zero-order valence-electron chi connectivity index (χ0n) is 14.4. The van der Waals surface area contributed by atoms with E-state index in [1.54, 1.807) is 4.68 Å². The Kier molecular flexibility index (Phi) is 5.18. The summed E-state index contributed by atoms with van der Waals surface area (Å²) in [5, 5.41) is 12.6. The van der Waals surface area contributed by atoms with Gasteiger partial charge in [0.05, 0.1) is 10.9 Å². The lowest BCUT2D eigenvalue weighted by atomic mass is 10.1. The first kappa shape index (κ1) is 17.0. The van der Waals surface area contributed by atoms with Gasteiger partial charge in [-0.25, -0.2) is 0 Å². The fourth-order valence-electron chi connectivity index (χ4n) is 3.11. The van der Waals surface area contributed by atoms with Crippen molar-refractivity contribution in [1.82, 2.24) is 25.1 Å². The predicted octanol–water partition coefficient (Wildman–Crippen LogP) is 2.77. The smallest absolute Gasteiger partial charge is 0.235 e. The molecule has 0 bridgehead atoms. The molecular formula is C17H23N5OS. The molecule has 1 aromatic carbocycles. The van der Waals surface area contributed by atoms with Crippen molar-refractivity contribution in [3.8, 4) is 5.69 Å². The number of benzene rings is 1. The summed E-state index contributed by atoms with van der Waals surface area (Å²) in [7, 11) is 0. The van der Waals surface area contributed by atoms with Gasteiger partial charge in [0.15, 0.2) is 0 Å². The van der Waals surface area contributed by atoms with Gasteiger partial charge < -0.3 is 4.90 Å². The van der Waals surface area contributed by atoms with E-state index in [4.69, 9.17) is 0 Å². The second-order valence-electron chi connectivity index (χ2n) is 6.26. The second kappa shape index (κ2) is 7.34. The summed E-state index contributed by atoms with van der Waals surface area (Å²) in [5.74, 6) is 0.177. The van der Waals surface area contributed by atoms with E-state index in [0.717, 1.165) is 42.7 Å². The summed E-state index contributed by atoms with van der Waals surface area (Å²) in [5.41, 5.74) is 3.21. The Labute approximate surface area is 146 Å². The summed E-state index contributed by atoms with van der Waals surface area (Å²) in [6.45, 7) is 7.75. The Morgan fingerprint density at radius 3 is 2.50 bits per heavy atom. The summed E-state index contributed by atoms with van der Waals surface area (Å²) >= 11 is 1.43. The molecule has 0 N–H and O–H groups in total. The molecule has 3 rings (SSSR count). The van der Waals surface area contributed by atoms with Crippen LogP contribution in [0.1, 0.15) is 37.3 Å². The first-order chi connectivity index (χ1) is 11.6. The number of piperidine rings is 1. The number of tetrazole rings is 1. The summed E-state index contributed by atoms with van der Waals surface area (Å²) in [4.78, 5) is 14.6. The van der Waals surface area contributed by atoms with Crippen LogP contribution in [0.25, 0.3) is 5.69 Å². The number of rotatable bonds is 4. The third kappa shape index (κ3) is 3.45. The van der Waals surface area contributed by atoms with Gasteiger partial charge in [-0.3, -0.25) is 4.79 Å². The number of aromatic nitrogens is 4. The lowest BCUT2D eigenvalue weighted by molar-refractivity contribution is -0.131. The van der Waals surface area contributed by atoms with Crippen LogP contribution in [0.4, 0.5) is 0 Å². The second-order valence-corrected chi connectivity index (χ2v) is 7.57. The third-order valence-corrected chi connectivity index (χ3v) is 5.41. The van der Waals surface area contributed by atoms with E-state index in [1.165, 1.54) is 18.2 Å². The average molecular weight is 345 g/mol. The van der Waals surface area contributed by atoms with Crippen molar-refractivity contribution in [1.29, 1.82) is 0 Å². The minimum Gasteiger partial charge on any atom is -0.342 e. The van der Waals surface area contributed by atoms with Gasteiger partial charge in [-0.1, -0.05) is 30.0 Å². The van der Waals surface area contributed by atoms with Gasteiger partial charge in [-0.05, 0) is 61.6 Å². The van der Waals surface area contributed by atoms with Crippen LogP contribution in [-0.2, 0) is 4.79 Å². The van der Waals surface area contributed by atoms with Crippen LogP contribution in [0.3, 0.4) is 0 Å². The Balaban J connectivity index is 1.79. The van der Waals surface area contributed by atoms with Crippen LogP contribution < -0.4 is 0 Å². The number of likely N-dealkylation sites (tertiary alicyclic amines) is 1. The number of carbonyl (C=O) groups is 1. The standard InChI is InChI=1S/C17H23N5OS/c1-12-8-7-9-13(2)15(12)22-17(18-19-20-22)24-14(3)16(23)21-10-5-4-6-11-21/h7-9,14H,4-6,10-11H2,1-3H3/t14-/m1/s1. The molecule has 1 aromatic heterocycles. The molecule has 1 amide bonds. The Bertz CT molecular complexity index is 703. The highest BCUT2D eigenvalue weighted by atomic mass is 32.2. The van der Waals surface area contributed by atoms with Gasteiger partial charge in [0.1, 0.15) is 0 Å². The zero-order chi connectivity index (χ0) is 17.1. The third-order valence-electron chi connectivity index (χ3n) is 4.39. The monoisotopic (exact) mass is 345 g/mol. The lowest BCUT2D eigenvalue weighted by Gasteiger charge is -2.28. The molecule has 1 saturated heterocycles. The molecule has 1 aliphatic rings. The van der Waals surface area contributed by atoms with Gasteiger partial charge in [0.25, 0.3) is 0 Å². The van der Waals surface area contributed by atoms with E-state index in [1.807, 2.05) is 43.9 Å². The molecule has 0 radical (unpaired) electrons. The topological polar surface area (TPSA) is 63.9 Å². The van der Waals surface area contributed by atoms with E-state index in [0.29, 0.717) is 5.16 Å². The lowest BCUT2D eigenvalue weighted by Crippen LogP contribution is -2.40. The Hall–Kier alpha value is -1.89. The highest BCUT2D eigenvalue weighted by Crippen LogP contribution is 2.27. The summed E-state index contributed by atoms with van der Waals surface area (Å²) < 4.78 is 1.75. The molecule has 6 nitrogen and oxygen atoms in total. The number of nitrogens with zero attached hydrogens (tertiary/aromatic N) is 5. The molecule has 2 aromatic rings. The van der Waals surface area contributed by atoms with Crippen LogP contribution in [0, 0.1) is 13.8 Å². The average Bonchev–Trinajstić information content (AvgIpc) is 3.02. The molecule has 0 unspecified atom stereocenters. The van der Waals surface area contributed by atoms with Crippen molar-refractivity contribution < 1.29 is 4.79 Å². The predicted molar refractivity (Wildman–Crippen MR) is 94.4 cm³/mol. The fourth-order valence-corrected chi connectivity index (χ4v) is 3.99. The Morgan fingerprint density at radius 2 is 1.83 bits per heavy atom. The fraction of sp³-hybridized carbons (Fsp3) is 0.529. The van der Waals surface area contributed by atoms with Gasteiger partial charge >= 0.3 is 0 Å². The SMILES string of the molecule is Cc1cccc(C)c1-n1nnnc1S[C@H](C)C(=O)N1CCCCC1. The maximum absolute atomic E-state index is 12.6. The highest BCUT2D eigenvalue weighted by Gasteiger charge is 2.25. The largest absolute Gasteiger partial charge is 0.342 e. The van der Waals surface area contributed by atoms with Crippen molar-refractivity contribution in [3.05, 3.63) is 29.3 Å². The number of thioether (sulfide) groups is 1. The van der Waals surface area contributed by atoms with Crippen molar-refractivity contribution in [2.75, 3.05) is 13.1 Å². The van der Waals surface area contributed by atoms with Crippen LogP contribution in [0.5, 0.6) is 0 Å². The Morgan fingerprint density at radius 1 is 1.17 bits per heavy atom. The van der Waals surface area contributed by atoms with Crippen LogP contribution in [-0.4, -0.2) is 49.4 Å². The molecule has 1 aliphatic heterocycles. The van der Waals surface area contributed by atoms with Crippen molar-refractivity contribution in [2.45, 2.75) is 50.4 Å². The molecule has 128 valence electrons. The van der Waals surface area contributed by atoms with Crippen molar-refractivity contribution >= 4 is 17.7 Å². The number of hydrogen-bond donors (Lipinski definition) is 0. The maximum Gasteiger partial charge on any atom is 0.235 e. The minimum absolute atomic E-state index is 0.177. The summed E-state index contributed by atoms with van der Waals surface area (Å²) in [6, 6.07) is 6.11. The van der Waals surface area contributed by atoms with E-state index < -0.39 is 0 Å². The quantitative estimate of drug-likeness (QED) is 0.797. The molecular weight excluding hydrogens is 322 g/mol. The van der Waals surface area contributed by atoms with Gasteiger partial charge in [-0.2, -0.15) is 4.68 Å². The van der Waals surface area contributed by atoms with Crippen LogP contribution in [0.2, 0.25) is 0 Å². The molecule has 7 heteroatoms. The summed E-state index contributed by atoms with van der Waals surface area (Å²) in [6.07, 6.45) is 3.42. The van der Waals surface area contributed by atoms with Gasteiger partial charge in [0.2, 0.25) is 11.1 Å². The number of amides is 1. The van der Waals surface area contributed by atoms with Crippen molar-refractivity contribution in [3.63, 3.8) is 0 Å². The first-order valence-electron chi connectivity index (χ1n) is 8.38. The molecule has 1 fully saturated rings. The molecule has 1 atom stereocenters. The molecule has 2 heterocycles. The first-order valence-corrected chi connectivity index (χ1v) is 9.26. The number of carbonyl (C=O) groups excluding carboxylic acids is 1. The van der Waals surface area contributed by atoms with Crippen LogP contribution in [0.15, 0.2) is 23.4 Å². The minimum atomic E-state index is -0.197. The van der Waals surface area contributed by atoms with Gasteiger partial charge in [-0.15, -0.1) is 5.10 Å². The highest BCUT2D eigenvalue weighted by molar-refractivity contribution is 8.00. The normalized spacial score (nSPS) is 16.2. The van der Waals surface area contributed by atoms with E-state index in [9.17, 15) is 4.79 Å². The maximum atomic E-state index is 12.6. The number of aryl methyl sites for hydroxylation is 2. The van der Waals surface area contributed by atoms with E-state index >= 15 is 0 Å². The zero-order valence-corrected chi connectivity index (χ0v) is 15.2. The number of para-hydroxylation sites is 1.